The summed E-state index contributed by atoms with van der Waals surface area (Å²) < 4.78 is 0. The van der Waals surface area contributed by atoms with Gasteiger partial charge in [0.15, 0.2) is 0 Å². The molecule has 116 valence electrons. The van der Waals surface area contributed by atoms with Gasteiger partial charge in [-0.2, -0.15) is 0 Å². The molecule has 20 heavy (non-hydrogen) atoms. The van der Waals surface area contributed by atoms with Crippen LogP contribution in [-0.2, 0) is 14.4 Å². The van der Waals surface area contributed by atoms with Crippen molar-refractivity contribution in [1.29, 1.82) is 0 Å². The van der Waals surface area contributed by atoms with E-state index in [1.807, 2.05) is 0 Å². The van der Waals surface area contributed by atoms with E-state index in [0.717, 1.165) is 0 Å². The van der Waals surface area contributed by atoms with E-state index in [4.69, 9.17) is 15.3 Å². The minimum Gasteiger partial charge on any atom is -0.480 e. The SMILES string of the molecule is CC(O)CN(CCN(CC(=O)O)CC(=O)O)CC(=O)O. The van der Waals surface area contributed by atoms with Crippen molar-refractivity contribution in [1.82, 2.24) is 9.80 Å². The number of carboxylic acids is 3. The van der Waals surface area contributed by atoms with Gasteiger partial charge >= 0.3 is 17.9 Å². The number of hydrogen-bond acceptors (Lipinski definition) is 6. The van der Waals surface area contributed by atoms with E-state index in [9.17, 15) is 19.5 Å². The molecule has 4 N–H and O–H groups in total. The van der Waals surface area contributed by atoms with Crippen LogP contribution in [0.2, 0.25) is 0 Å². The Bertz CT molecular complexity index is 330. The molecule has 0 aliphatic heterocycles. The number of carboxylic acid groups (broad SMARTS) is 3. The Labute approximate surface area is 116 Å². The molecule has 0 rings (SSSR count). The summed E-state index contributed by atoms with van der Waals surface area (Å²) in [7, 11) is 0. The highest BCUT2D eigenvalue weighted by Crippen LogP contribution is 1.96. The van der Waals surface area contributed by atoms with Crippen LogP contribution in [-0.4, -0.2) is 93.5 Å². The van der Waals surface area contributed by atoms with Gasteiger partial charge in [0, 0.05) is 19.6 Å². The second-order valence-corrected chi connectivity index (χ2v) is 4.48. The molecule has 9 heteroatoms. The molecule has 0 heterocycles. The van der Waals surface area contributed by atoms with Crippen molar-refractivity contribution in [2.75, 3.05) is 39.3 Å². The van der Waals surface area contributed by atoms with Gasteiger partial charge in [-0.15, -0.1) is 0 Å². The van der Waals surface area contributed by atoms with Gasteiger partial charge in [0.1, 0.15) is 0 Å². The van der Waals surface area contributed by atoms with Crippen molar-refractivity contribution in [2.45, 2.75) is 13.0 Å². The number of nitrogens with zero attached hydrogens (tertiary/aromatic N) is 2. The third kappa shape index (κ3) is 10.2. The average molecular weight is 292 g/mol. The lowest BCUT2D eigenvalue weighted by atomic mass is 10.3. The standard InChI is InChI=1S/C11H20N2O7/c1-8(14)4-12(5-9(15)16)2-3-13(6-10(17)18)7-11(19)20/h8,14H,2-7H2,1H3,(H,15,16)(H,17,18)(H,19,20). The smallest absolute Gasteiger partial charge is 0.317 e. The van der Waals surface area contributed by atoms with Crippen molar-refractivity contribution < 1.29 is 34.8 Å². The van der Waals surface area contributed by atoms with Crippen LogP contribution >= 0.6 is 0 Å². The molecule has 0 saturated carbocycles. The Kier molecular flexibility index (Phi) is 8.45. The van der Waals surface area contributed by atoms with E-state index < -0.39 is 37.1 Å². The molecule has 0 aromatic rings. The van der Waals surface area contributed by atoms with E-state index >= 15 is 0 Å². The largest absolute Gasteiger partial charge is 0.480 e. The summed E-state index contributed by atoms with van der Waals surface area (Å²) in [5.41, 5.74) is 0. The zero-order valence-electron chi connectivity index (χ0n) is 11.2. The predicted octanol–water partition coefficient (Wildman–Crippen LogP) is -1.77. The Balaban J connectivity index is 4.46. The van der Waals surface area contributed by atoms with Crippen LogP contribution in [0.15, 0.2) is 0 Å². The Morgan fingerprint density at radius 1 is 0.850 bits per heavy atom. The fourth-order valence-corrected chi connectivity index (χ4v) is 1.68. The lowest BCUT2D eigenvalue weighted by Crippen LogP contribution is -2.43. The van der Waals surface area contributed by atoms with Gasteiger partial charge in [-0.3, -0.25) is 24.2 Å². The summed E-state index contributed by atoms with van der Waals surface area (Å²) in [5.74, 6) is -3.40. The number of carbonyl (C=O) groups is 3. The number of aliphatic hydroxyl groups is 1. The molecule has 0 amide bonds. The lowest BCUT2D eigenvalue weighted by molar-refractivity contribution is -0.143. The number of rotatable bonds is 11. The molecule has 1 atom stereocenters. The molecule has 0 aliphatic carbocycles. The van der Waals surface area contributed by atoms with Crippen LogP contribution in [0.5, 0.6) is 0 Å². The minimum absolute atomic E-state index is 0.0819. The average Bonchev–Trinajstić information content (AvgIpc) is 2.22. The Morgan fingerprint density at radius 2 is 1.20 bits per heavy atom. The molecule has 0 radical (unpaired) electrons. The maximum atomic E-state index is 10.7. The van der Waals surface area contributed by atoms with Gasteiger partial charge in [-0.25, -0.2) is 0 Å². The fraction of sp³-hybridized carbons (Fsp3) is 0.727. The number of aliphatic carboxylic acids is 3. The van der Waals surface area contributed by atoms with Crippen LogP contribution in [0, 0.1) is 0 Å². The van der Waals surface area contributed by atoms with Crippen molar-refractivity contribution in [2.24, 2.45) is 0 Å². The molecule has 0 aromatic carbocycles. The molecule has 1 unspecified atom stereocenters. The number of hydrogen-bond donors (Lipinski definition) is 4. The molecule has 9 nitrogen and oxygen atoms in total. The summed E-state index contributed by atoms with van der Waals surface area (Å²) >= 11 is 0. The highest BCUT2D eigenvalue weighted by Gasteiger charge is 2.17. The van der Waals surface area contributed by atoms with Gasteiger partial charge in [-0.05, 0) is 6.92 Å². The topological polar surface area (TPSA) is 139 Å². The third-order valence-electron chi connectivity index (χ3n) is 2.33. The van der Waals surface area contributed by atoms with Crippen LogP contribution in [0.25, 0.3) is 0 Å². The molecule has 0 aliphatic rings. The summed E-state index contributed by atoms with van der Waals surface area (Å²) in [6.45, 7) is 0.653. The maximum Gasteiger partial charge on any atom is 0.317 e. The zero-order valence-corrected chi connectivity index (χ0v) is 11.2. The Hall–Kier alpha value is -1.71. The monoisotopic (exact) mass is 292 g/mol. The predicted molar refractivity (Wildman–Crippen MR) is 67.5 cm³/mol. The van der Waals surface area contributed by atoms with Crippen LogP contribution in [0.4, 0.5) is 0 Å². The first-order valence-electron chi connectivity index (χ1n) is 5.99. The van der Waals surface area contributed by atoms with Crippen LogP contribution in [0.3, 0.4) is 0 Å². The normalized spacial score (nSPS) is 12.6. The Morgan fingerprint density at radius 3 is 1.55 bits per heavy atom. The van der Waals surface area contributed by atoms with E-state index in [-0.39, 0.29) is 26.2 Å². The molecule has 0 spiro atoms. The highest BCUT2D eigenvalue weighted by atomic mass is 16.4. The summed E-state index contributed by atoms with van der Waals surface area (Å²) in [6, 6.07) is 0. The zero-order chi connectivity index (χ0) is 15.7. The van der Waals surface area contributed by atoms with E-state index in [1.165, 1.54) is 16.7 Å². The summed E-state index contributed by atoms with van der Waals surface area (Å²) in [6.07, 6.45) is -0.734. The van der Waals surface area contributed by atoms with E-state index in [0.29, 0.717) is 0 Å². The highest BCUT2D eigenvalue weighted by molar-refractivity contribution is 5.72. The lowest BCUT2D eigenvalue weighted by Gasteiger charge is -2.25. The first kappa shape index (κ1) is 18.3. The van der Waals surface area contributed by atoms with Gasteiger partial charge in [-0.1, -0.05) is 0 Å². The fourth-order valence-electron chi connectivity index (χ4n) is 1.68. The van der Waals surface area contributed by atoms with Crippen molar-refractivity contribution in [3.05, 3.63) is 0 Å². The maximum absolute atomic E-state index is 10.7. The van der Waals surface area contributed by atoms with Crippen molar-refractivity contribution in [3.63, 3.8) is 0 Å². The van der Waals surface area contributed by atoms with E-state index in [1.54, 1.807) is 0 Å². The first-order valence-corrected chi connectivity index (χ1v) is 5.99. The minimum atomic E-state index is -1.16. The first-order chi connectivity index (χ1) is 9.20. The van der Waals surface area contributed by atoms with Gasteiger partial charge < -0.3 is 20.4 Å². The van der Waals surface area contributed by atoms with Crippen molar-refractivity contribution >= 4 is 17.9 Å². The van der Waals surface area contributed by atoms with Gasteiger partial charge in [0.25, 0.3) is 0 Å². The van der Waals surface area contributed by atoms with Crippen molar-refractivity contribution in [3.8, 4) is 0 Å². The number of aliphatic hydroxyl groups excluding tert-OH is 1. The second kappa shape index (κ2) is 9.23. The second-order valence-electron chi connectivity index (χ2n) is 4.48. The van der Waals surface area contributed by atoms with Gasteiger partial charge in [0.05, 0.1) is 25.7 Å². The molecule has 0 saturated heterocycles. The van der Waals surface area contributed by atoms with E-state index in [2.05, 4.69) is 0 Å². The third-order valence-corrected chi connectivity index (χ3v) is 2.33. The molecule has 0 fully saturated rings. The quantitative estimate of drug-likeness (QED) is 0.348. The molecule has 0 bridgehead atoms. The van der Waals surface area contributed by atoms with Crippen LogP contribution < -0.4 is 0 Å². The van der Waals surface area contributed by atoms with Gasteiger partial charge in [0.2, 0.25) is 0 Å². The summed E-state index contributed by atoms with van der Waals surface area (Å²) in [5, 5.41) is 35.3. The molecular formula is C11H20N2O7. The summed E-state index contributed by atoms with van der Waals surface area (Å²) in [4.78, 5) is 34.5. The molecular weight excluding hydrogens is 272 g/mol. The molecule has 0 aromatic heterocycles. The van der Waals surface area contributed by atoms with Crippen LogP contribution in [0.1, 0.15) is 6.92 Å².